The molecule has 0 saturated carbocycles. The minimum absolute atomic E-state index is 0.108. The predicted octanol–water partition coefficient (Wildman–Crippen LogP) is 2.00. The summed E-state index contributed by atoms with van der Waals surface area (Å²) in [7, 11) is -3.29. The molecule has 0 aliphatic rings. The summed E-state index contributed by atoms with van der Waals surface area (Å²) in [5, 5.41) is 7.62. The Kier molecular flexibility index (Phi) is 6.64. The van der Waals surface area contributed by atoms with Crippen molar-refractivity contribution in [2.45, 2.75) is 33.0 Å². The minimum Gasteiger partial charge on any atom is -0.394 e. The maximum atomic E-state index is 12.3. The van der Waals surface area contributed by atoms with E-state index >= 15 is 0 Å². The molecule has 0 fully saturated rings. The average Bonchev–Trinajstić information content (AvgIpc) is 2.15. The molecular formula is C9H21O5P. The lowest BCUT2D eigenvalue weighted by Crippen LogP contribution is -2.28. The second kappa shape index (κ2) is 6.61. The van der Waals surface area contributed by atoms with Crippen molar-refractivity contribution in [3.05, 3.63) is 0 Å². The zero-order valence-electron chi connectivity index (χ0n) is 9.86. The fourth-order valence-corrected chi connectivity index (χ4v) is 2.69. The Balaban J connectivity index is 4.64. The van der Waals surface area contributed by atoms with E-state index < -0.39 is 12.9 Å². The number of hydrogen-bond acceptors (Lipinski definition) is 5. The number of aliphatic hydroxyl groups is 1. The van der Waals surface area contributed by atoms with E-state index in [2.05, 4.69) is 0 Å². The third kappa shape index (κ3) is 4.21. The van der Waals surface area contributed by atoms with Crippen LogP contribution in [0.4, 0.5) is 0 Å². The first-order valence-electron chi connectivity index (χ1n) is 5.07. The molecule has 1 N–H and O–H groups in total. The molecule has 0 aromatic rings. The van der Waals surface area contributed by atoms with Crippen LogP contribution in [0.15, 0.2) is 0 Å². The number of ether oxygens (including phenoxy) is 1. The van der Waals surface area contributed by atoms with Gasteiger partial charge in [0, 0.05) is 0 Å². The highest BCUT2D eigenvalue weighted by Crippen LogP contribution is 2.60. The number of aliphatic hydroxyl groups excluding tert-OH is 1. The van der Waals surface area contributed by atoms with Crippen LogP contribution in [0, 0.1) is 0 Å². The van der Waals surface area contributed by atoms with Crippen molar-refractivity contribution >= 4 is 7.60 Å². The normalized spacial score (nSPS) is 13.1. The highest BCUT2D eigenvalue weighted by atomic mass is 31.2. The summed E-state index contributed by atoms with van der Waals surface area (Å²) in [6.07, 6.45) is 0. The third-order valence-electron chi connectivity index (χ3n) is 1.80. The van der Waals surface area contributed by atoms with Gasteiger partial charge in [-0.2, -0.15) is 0 Å². The highest BCUT2D eigenvalue weighted by molar-refractivity contribution is 7.55. The van der Waals surface area contributed by atoms with Gasteiger partial charge in [0.1, 0.15) is 0 Å². The van der Waals surface area contributed by atoms with Gasteiger partial charge >= 0.3 is 7.60 Å². The molecule has 0 rings (SSSR count). The summed E-state index contributed by atoms with van der Waals surface area (Å²) in [5.74, 6) is 0. The van der Waals surface area contributed by atoms with Crippen molar-refractivity contribution < 1.29 is 23.5 Å². The molecule has 0 amide bonds. The summed E-state index contributed by atoms with van der Waals surface area (Å²) >= 11 is 0. The van der Waals surface area contributed by atoms with E-state index in [9.17, 15) is 4.57 Å². The van der Waals surface area contributed by atoms with Crippen molar-refractivity contribution in [1.29, 1.82) is 0 Å². The van der Waals surface area contributed by atoms with E-state index in [0.717, 1.165) is 0 Å². The van der Waals surface area contributed by atoms with Gasteiger partial charge in [-0.15, -0.1) is 0 Å². The molecule has 92 valence electrons. The molecular weight excluding hydrogens is 219 g/mol. The van der Waals surface area contributed by atoms with Crippen molar-refractivity contribution in [2.75, 3.05) is 26.4 Å². The average molecular weight is 240 g/mol. The fraction of sp³-hybridized carbons (Fsp3) is 1.00. The van der Waals surface area contributed by atoms with Crippen molar-refractivity contribution in [3.8, 4) is 0 Å². The summed E-state index contributed by atoms with van der Waals surface area (Å²) < 4.78 is 27.9. The van der Waals surface area contributed by atoms with Crippen LogP contribution in [0.1, 0.15) is 27.7 Å². The lowest BCUT2D eigenvalue weighted by atomic mass is 10.5. The Morgan fingerprint density at radius 3 is 2.00 bits per heavy atom. The molecule has 0 aliphatic heterocycles. The molecule has 0 aromatic heterocycles. The molecule has 0 aromatic carbocycles. The van der Waals surface area contributed by atoms with Gasteiger partial charge in [0.25, 0.3) is 0 Å². The van der Waals surface area contributed by atoms with Gasteiger partial charge in [0.15, 0.2) is 5.34 Å². The molecule has 0 unspecified atom stereocenters. The van der Waals surface area contributed by atoms with Gasteiger partial charge < -0.3 is 18.9 Å². The molecule has 0 bridgehead atoms. The molecule has 0 spiro atoms. The van der Waals surface area contributed by atoms with E-state index in [1.807, 2.05) is 0 Å². The molecule has 0 radical (unpaired) electrons. The van der Waals surface area contributed by atoms with Gasteiger partial charge in [-0.05, 0) is 27.7 Å². The van der Waals surface area contributed by atoms with E-state index in [-0.39, 0.29) is 13.2 Å². The van der Waals surface area contributed by atoms with Gasteiger partial charge in [-0.25, -0.2) is 0 Å². The SMILES string of the molecule is CCOP(=O)(OCC)C(C)(C)OCCO. The van der Waals surface area contributed by atoms with Crippen LogP contribution >= 0.6 is 7.60 Å². The molecule has 15 heavy (non-hydrogen) atoms. The van der Waals surface area contributed by atoms with Crippen LogP contribution in [0.25, 0.3) is 0 Å². The summed E-state index contributed by atoms with van der Waals surface area (Å²) in [6, 6.07) is 0. The maximum Gasteiger partial charge on any atom is 0.361 e. The zero-order valence-corrected chi connectivity index (χ0v) is 10.8. The molecule has 0 heterocycles. The lowest BCUT2D eigenvalue weighted by molar-refractivity contribution is -0.00338. The zero-order chi connectivity index (χ0) is 11.9. The standard InChI is InChI=1S/C9H21O5P/c1-5-13-15(11,14-6-2)9(3,4)12-8-7-10/h10H,5-8H2,1-4H3. The first kappa shape index (κ1) is 15.1. The van der Waals surface area contributed by atoms with Crippen molar-refractivity contribution in [3.63, 3.8) is 0 Å². The van der Waals surface area contributed by atoms with E-state index in [0.29, 0.717) is 13.2 Å². The smallest absolute Gasteiger partial charge is 0.361 e. The molecule has 0 saturated heterocycles. The first-order valence-corrected chi connectivity index (χ1v) is 6.61. The monoisotopic (exact) mass is 240 g/mol. The summed E-state index contributed by atoms with van der Waals surface area (Å²) in [5.41, 5.74) is 0. The van der Waals surface area contributed by atoms with Crippen molar-refractivity contribution in [1.82, 2.24) is 0 Å². The minimum atomic E-state index is -3.29. The number of rotatable bonds is 8. The quantitative estimate of drug-likeness (QED) is 0.657. The van der Waals surface area contributed by atoms with Crippen molar-refractivity contribution in [2.24, 2.45) is 0 Å². The van der Waals surface area contributed by atoms with Crippen LogP contribution in [0.2, 0.25) is 0 Å². The maximum absolute atomic E-state index is 12.3. The van der Waals surface area contributed by atoms with Crippen LogP contribution in [-0.4, -0.2) is 36.9 Å². The molecule has 0 atom stereocenters. The van der Waals surface area contributed by atoms with E-state index in [1.54, 1.807) is 27.7 Å². The van der Waals surface area contributed by atoms with Crippen LogP contribution < -0.4 is 0 Å². The predicted molar refractivity (Wildman–Crippen MR) is 58.0 cm³/mol. The van der Waals surface area contributed by atoms with Gasteiger partial charge in [-0.1, -0.05) is 0 Å². The summed E-state index contributed by atoms with van der Waals surface area (Å²) in [4.78, 5) is 0. The second-order valence-corrected chi connectivity index (χ2v) is 5.94. The Hall–Kier alpha value is 0.0700. The lowest BCUT2D eigenvalue weighted by Gasteiger charge is -2.32. The molecule has 6 heteroatoms. The third-order valence-corrected chi connectivity index (χ3v) is 4.45. The van der Waals surface area contributed by atoms with Gasteiger partial charge in [-0.3, -0.25) is 4.57 Å². The van der Waals surface area contributed by atoms with Gasteiger partial charge in [0.05, 0.1) is 26.4 Å². The Morgan fingerprint density at radius 2 is 1.67 bits per heavy atom. The van der Waals surface area contributed by atoms with E-state index in [4.69, 9.17) is 18.9 Å². The Labute approximate surface area is 91.3 Å². The largest absolute Gasteiger partial charge is 0.394 e. The van der Waals surface area contributed by atoms with Crippen LogP contribution in [0.5, 0.6) is 0 Å². The van der Waals surface area contributed by atoms with E-state index in [1.165, 1.54) is 0 Å². The van der Waals surface area contributed by atoms with Gasteiger partial charge in [0.2, 0.25) is 0 Å². The summed E-state index contributed by atoms with van der Waals surface area (Å²) in [6.45, 7) is 7.33. The second-order valence-electron chi connectivity index (χ2n) is 3.35. The Bertz CT molecular complexity index is 207. The molecule has 5 nitrogen and oxygen atoms in total. The molecule has 0 aliphatic carbocycles. The fourth-order valence-electron chi connectivity index (χ4n) is 1.06. The number of hydrogen-bond donors (Lipinski definition) is 1. The first-order chi connectivity index (χ1) is 6.93. The topological polar surface area (TPSA) is 65.0 Å². The van der Waals surface area contributed by atoms with Crippen LogP contribution in [-0.2, 0) is 18.3 Å². The Morgan fingerprint density at radius 1 is 1.20 bits per heavy atom. The highest BCUT2D eigenvalue weighted by Gasteiger charge is 2.44. The van der Waals surface area contributed by atoms with Crippen LogP contribution in [0.3, 0.4) is 0 Å².